The first-order valence-corrected chi connectivity index (χ1v) is 9.47. The molecule has 23 heavy (non-hydrogen) atoms. The molecule has 0 saturated heterocycles. The van der Waals surface area contributed by atoms with Gasteiger partial charge in [0.05, 0.1) is 25.0 Å². The molecule has 4 nitrogen and oxygen atoms in total. The molecule has 4 rings (SSSR count). The first-order valence-electron chi connectivity index (χ1n) is 8.68. The minimum atomic E-state index is 0.147. The third-order valence-electron chi connectivity index (χ3n) is 5.98. The van der Waals surface area contributed by atoms with Crippen LogP contribution in [0.25, 0.3) is 0 Å². The van der Waals surface area contributed by atoms with E-state index in [4.69, 9.17) is 10.5 Å². The average molecular weight is 378 g/mol. The molecule has 0 spiro atoms. The molecule has 0 N–H and O–H groups in total. The van der Waals surface area contributed by atoms with Crippen LogP contribution in [0.15, 0.2) is 0 Å². The number of nitriles is 2. The standard InChI is InChI=1S/C18H24BrN3O/c19-18-10-14-7-15(11-18)9-17(8-14,13-18)12-16(23)22(5-1-3-20)6-2-4-21/h14-15H,1-2,5-13H2. The van der Waals surface area contributed by atoms with Crippen LogP contribution in [0.3, 0.4) is 0 Å². The second kappa shape index (κ2) is 6.44. The fourth-order valence-electron chi connectivity index (χ4n) is 5.71. The van der Waals surface area contributed by atoms with Gasteiger partial charge in [-0.3, -0.25) is 4.79 Å². The van der Waals surface area contributed by atoms with Crippen LogP contribution in [0.2, 0.25) is 0 Å². The summed E-state index contributed by atoms with van der Waals surface area (Å²) in [6.45, 7) is 0.915. The number of halogens is 1. The van der Waals surface area contributed by atoms with Gasteiger partial charge in [0.25, 0.3) is 0 Å². The van der Waals surface area contributed by atoms with Crippen LogP contribution in [-0.2, 0) is 4.79 Å². The van der Waals surface area contributed by atoms with Gasteiger partial charge in [0.15, 0.2) is 0 Å². The van der Waals surface area contributed by atoms with Crippen LogP contribution < -0.4 is 0 Å². The van der Waals surface area contributed by atoms with E-state index in [1.807, 2.05) is 0 Å². The summed E-state index contributed by atoms with van der Waals surface area (Å²) in [5.74, 6) is 1.69. The number of carbonyl (C=O) groups excluding carboxylic acids is 1. The molecule has 2 unspecified atom stereocenters. The highest BCUT2D eigenvalue weighted by Crippen LogP contribution is 2.65. The Balaban J connectivity index is 1.68. The molecule has 0 aromatic carbocycles. The third kappa shape index (κ3) is 3.56. The zero-order valence-corrected chi connectivity index (χ0v) is 15.1. The molecule has 4 aliphatic rings. The molecule has 0 aromatic heterocycles. The lowest BCUT2D eigenvalue weighted by Gasteiger charge is -2.60. The minimum absolute atomic E-state index is 0.147. The van der Waals surface area contributed by atoms with E-state index in [-0.39, 0.29) is 15.6 Å². The fraction of sp³-hybridized carbons (Fsp3) is 0.833. The number of nitrogens with zero attached hydrogens (tertiary/aromatic N) is 3. The summed E-state index contributed by atoms with van der Waals surface area (Å²) in [6.07, 6.45) is 8.66. The Kier molecular flexibility index (Phi) is 4.70. The summed E-state index contributed by atoms with van der Waals surface area (Å²) in [7, 11) is 0. The molecule has 5 heteroatoms. The van der Waals surface area contributed by atoms with Gasteiger partial charge in [-0.1, -0.05) is 15.9 Å². The number of carbonyl (C=O) groups is 1. The van der Waals surface area contributed by atoms with Crippen LogP contribution in [0.5, 0.6) is 0 Å². The van der Waals surface area contributed by atoms with Gasteiger partial charge in [0.1, 0.15) is 0 Å². The quantitative estimate of drug-likeness (QED) is 0.661. The monoisotopic (exact) mass is 377 g/mol. The first kappa shape index (κ1) is 16.8. The zero-order valence-electron chi connectivity index (χ0n) is 13.6. The van der Waals surface area contributed by atoms with Gasteiger partial charge in [-0.2, -0.15) is 10.5 Å². The van der Waals surface area contributed by atoms with Crippen molar-refractivity contribution in [2.24, 2.45) is 17.3 Å². The van der Waals surface area contributed by atoms with E-state index < -0.39 is 0 Å². The summed E-state index contributed by atoms with van der Waals surface area (Å²) in [4.78, 5) is 14.6. The molecule has 0 radical (unpaired) electrons. The predicted octanol–water partition coefficient (Wildman–Crippen LogP) is 3.77. The second-order valence-electron chi connectivity index (χ2n) is 7.99. The lowest BCUT2D eigenvalue weighted by molar-refractivity contribution is -0.138. The lowest BCUT2D eigenvalue weighted by atomic mass is 9.48. The Hall–Kier alpha value is -1.07. The van der Waals surface area contributed by atoms with E-state index in [1.165, 1.54) is 32.1 Å². The highest BCUT2D eigenvalue weighted by molar-refractivity contribution is 9.10. The molecule has 0 aliphatic heterocycles. The second-order valence-corrected chi connectivity index (χ2v) is 9.67. The van der Waals surface area contributed by atoms with Gasteiger partial charge >= 0.3 is 0 Å². The van der Waals surface area contributed by atoms with E-state index in [1.54, 1.807) is 4.90 Å². The number of amides is 1. The smallest absolute Gasteiger partial charge is 0.223 e. The van der Waals surface area contributed by atoms with Crippen molar-refractivity contribution in [3.63, 3.8) is 0 Å². The fourth-order valence-corrected chi connectivity index (χ4v) is 7.22. The Morgan fingerprint density at radius 2 is 1.65 bits per heavy atom. The van der Waals surface area contributed by atoms with Crippen molar-refractivity contribution in [1.82, 2.24) is 4.90 Å². The van der Waals surface area contributed by atoms with E-state index in [2.05, 4.69) is 28.1 Å². The Bertz CT molecular complexity index is 530. The molecule has 4 bridgehead atoms. The molecule has 0 heterocycles. The van der Waals surface area contributed by atoms with E-state index >= 15 is 0 Å². The van der Waals surface area contributed by atoms with Gasteiger partial charge in [-0.05, 0) is 55.8 Å². The summed E-state index contributed by atoms with van der Waals surface area (Å²) in [6, 6.07) is 4.22. The van der Waals surface area contributed by atoms with Crippen molar-refractivity contribution in [1.29, 1.82) is 10.5 Å². The van der Waals surface area contributed by atoms with E-state index in [0.717, 1.165) is 18.3 Å². The van der Waals surface area contributed by atoms with E-state index in [0.29, 0.717) is 32.4 Å². The summed E-state index contributed by atoms with van der Waals surface area (Å²) < 4.78 is 0.265. The number of hydrogen-bond donors (Lipinski definition) is 0. The van der Waals surface area contributed by atoms with Gasteiger partial charge in [0, 0.05) is 23.8 Å². The Labute approximate surface area is 146 Å². The third-order valence-corrected chi connectivity index (χ3v) is 6.90. The normalized spacial score (nSPS) is 37.2. The maximum Gasteiger partial charge on any atom is 0.223 e. The summed E-state index contributed by atoms with van der Waals surface area (Å²) >= 11 is 3.99. The molecular formula is C18H24BrN3O. The molecule has 4 saturated carbocycles. The van der Waals surface area contributed by atoms with Crippen molar-refractivity contribution in [3.8, 4) is 12.1 Å². The lowest BCUT2D eigenvalue weighted by Crippen LogP contribution is -2.54. The minimum Gasteiger partial charge on any atom is -0.341 e. The number of hydrogen-bond acceptors (Lipinski definition) is 3. The highest BCUT2D eigenvalue weighted by atomic mass is 79.9. The van der Waals surface area contributed by atoms with E-state index in [9.17, 15) is 4.79 Å². The maximum absolute atomic E-state index is 12.8. The van der Waals surface area contributed by atoms with Gasteiger partial charge < -0.3 is 4.90 Å². The van der Waals surface area contributed by atoms with Crippen molar-refractivity contribution in [2.75, 3.05) is 13.1 Å². The van der Waals surface area contributed by atoms with Crippen molar-refractivity contribution in [3.05, 3.63) is 0 Å². The van der Waals surface area contributed by atoms with Crippen LogP contribution in [0, 0.1) is 39.9 Å². The van der Waals surface area contributed by atoms with Gasteiger partial charge in [-0.25, -0.2) is 0 Å². The van der Waals surface area contributed by atoms with Crippen molar-refractivity contribution >= 4 is 21.8 Å². The molecule has 1 amide bonds. The summed E-state index contributed by atoms with van der Waals surface area (Å²) in [5.41, 5.74) is 0.155. The van der Waals surface area contributed by atoms with Crippen LogP contribution in [0.4, 0.5) is 0 Å². The van der Waals surface area contributed by atoms with Crippen LogP contribution in [-0.4, -0.2) is 28.2 Å². The highest BCUT2D eigenvalue weighted by Gasteiger charge is 2.57. The largest absolute Gasteiger partial charge is 0.341 e. The number of rotatable bonds is 6. The molecule has 0 aromatic rings. The van der Waals surface area contributed by atoms with Crippen LogP contribution in [0.1, 0.15) is 57.8 Å². The topological polar surface area (TPSA) is 67.9 Å². The van der Waals surface area contributed by atoms with Gasteiger partial charge in [0.2, 0.25) is 5.91 Å². The Morgan fingerprint density at radius 1 is 1.09 bits per heavy atom. The number of alkyl halides is 1. The van der Waals surface area contributed by atoms with Crippen LogP contribution >= 0.6 is 15.9 Å². The molecule has 2 atom stereocenters. The SMILES string of the molecule is N#CCCN(CCC#N)C(=O)CC12CC3CC(CC(Br)(C3)C1)C2. The molecule has 4 aliphatic carbocycles. The zero-order chi connectivity index (χ0) is 16.5. The summed E-state index contributed by atoms with van der Waals surface area (Å²) in [5, 5.41) is 17.6. The Morgan fingerprint density at radius 3 is 2.13 bits per heavy atom. The molecule has 124 valence electrons. The van der Waals surface area contributed by atoms with Crippen molar-refractivity contribution < 1.29 is 4.79 Å². The van der Waals surface area contributed by atoms with Gasteiger partial charge in [-0.15, -0.1) is 0 Å². The average Bonchev–Trinajstić information content (AvgIpc) is 2.44. The maximum atomic E-state index is 12.8. The molecular weight excluding hydrogens is 354 g/mol. The van der Waals surface area contributed by atoms with Crippen molar-refractivity contribution in [2.45, 2.75) is 62.1 Å². The predicted molar refractivity (Wildman–Crippen MR) is 90.4 cm³/mol. The first-order chi connectivity index (χ1) is 11.0. The molecule has 4 fully saturated rings.